The van der Waals surface area contributed by atoms with Crippen molar-refractivity contribution in [2.24, 2.45) is 5.92 Å². The number of hydrogen-bond donors (Lipinski definition) is 1. The molecule has 0 aliphatic carbocycles. The number of hydrogen-bond acceptors (Lipinski definition) is 2. The van der Waals surface area contributed by atoms with Crippen LogP contribution in [0.2, 0.25) is 0 Å². The zero-order valence-corrected chi connectivity index (χ0v) is 13.7. The van der Waals surface area contributed by atoms with Gasteiger partial charge < -0.3 is 10.1 Å². The summed E-state index contributed by atoms with van der Waals surface area (Å²) < 4.78 is 7.21. The van der Waals surface area contributed by atoms with Crippen LogP contribution in [0.3, 0.4) is 0 Å². The van der Waals surface area contributed by atoms with Crippen LogP contribution in [0.4, 0.5) is 0 Å². The fourth-order valence-corrected chi connectivity index (χ4v) is 2.89. The quantitative estimate of drug-likeness (QED) is 0.755. The van der Waals surface area contributed by atoms with E-state index in [1.165, 1.54) is 0 Å². The van der Waals surface area contributed by atoms with Gasteiger partial charge in [0.05, 0.1) is 5.56 Å². The zero-order chi connectivity index (χ0) is 13.0. The number of amides is 1. The van der Waals surface area contributed by atoms with Gasteiger partial charge in [0.2, 0.25) is 0 Å². The smallest absolute Gasteiger partial charge is 0.252 e. The van der Waals surface area contributed by atoms with E-state index in [1.807, 2.05) is 18.2 Å². The molecule has 1 unspecified atom stereocenters. The van der Waals surface area contributed by atoms with E-state index >= 15 is 0 Å². The van der Waals surface area contributed by atoms with Crippen LogP contribution in [0.5, 0.6) is 0 Å². The van der Waals surface area contributed by atoms with Crippen LogP contribution in [-0.2, 0) is 4.74 Å². The third-order valence-corrected chi connectivity index (χ3v) is 4.40. The molecule has 1 N–H and O–H groups in total. The van der Waals surface area contributed by atoms with Crippen LogP contribution in [0.15, 0.2) is 22.7 Å². The molecule has 0 aromatic heterocycles. The summed E-state index contributed by atoms with van der Waals surface area (Å²) in [6.07, 6.45) is 2.11. The van der Waals surface area contributed by atoms with Gasteiger partial charge in [-0.05, 0) is 75.5 Å². The zero-order valence-electron chi connectivity index (χ0n) is 9.92. The van der Waals surface area contributed by atoms with Crippen molar-refractivity contribution in [1.29, 1.82) is 0 Å². The highest BCUT2D eigenvalue weighted by Crippen LogP contribution is 2.20. The van der Waals surface area contributed by atoms with Gasteiger partial charge >= 0.3 is 0 Å². The van der Waals surface area contributed by atoms with Crippen LogP contribution < -0.4 is 5.32 Å². The number of benzene rings is 1. The van der Waals surface area contributed by atoms with E-state index in [2.05, 4.69) is 43.8 Å². The van der Waals surface area contributed by atoms with Gasteiger partial charge in [0.25, 0.3) is 5.91 Å². The largest absolute Gasteiger partial charge is 0.381 e. The fraction of sp³-hybridized carbons (Fsp3) is 0.462. The van der Waals surface area contributed by atoms with E-state index in [0.717, 1.165) is 34.1 Å². The summed E-state index contributed by atoms with van der Waals surface area (Å²) in [6.45, 7) is 2.41. The second kappa shape index (κ2) is 6.86. The maximum absolute atomic E-state index is 12.0. The van der Waals surface area contributed by atoms with E-state index in [1.54, 1.807) is 0 Å². The first-order valence-corrected chi connectivity index (χ1v) is 7.85. The minimum absolute atomic E-state index is 0.0145. The topological polar surface area (TPSA) is 38.3 Å². The third kappa shape index (κ3) is 3.93. The van der Waals surface area contributed by atoms with Gasteiger partial charge in [-0.2, -0.15) is 0 Å². The lowest BCUT2D eigenvalue weighted by molar-refractivity contribution is 0.0949. The Labute approximate surface area is 129 Å². The van der Waals surface area contributed by atoms with E-state index in [9.17, 15) is 4.79 Å². The minimum atomic E-state index is -0.0145. The molecule has 2 rings (SSSR count). The van der Waals surface area contributed by atoms with Crippen molar-refractivity contribution in [3.05, 3.63) is 31.8 Å². The molecule has 18 heavy (non-hydrogen) atoms. The molecule has 0 saturated carbocycles. The van der Waals surface area contributed by atoms with Crippen molar-refractivity contribution in [1.82, 2.24) is 5.32 Å². The number of carbonyl (C=O) groups is 1. The molecule has 98 valence electrons. The van der Waals surface area contributed by atoms with Gasteiger partial charge in [0.15, 0.2) is 0 Å². The van der Waals surface area contributed by atoms with Gasteiger partial charge in [-0.25, -0.2) is 0 Å². The predicted octanol–water partition coefficient (Wildman–Crippen LogP) is 3.21. The molecular formula is C13H15BrINO2. The Kier molecular flexibility index (Phi) is 5.44. The van der Waals surface area contributed by atoms with E-state index in [-0.39, 0.29) is 5.91 Å². The molecule has 0 bridgehead atoms. The van der Waals surface area contributed by atoms with E-state index in [4.69, 9.17) is 4.74 Å². The van der Waals surface area contributed by atoms with Crippen molar-refractivity contribution in [3.8, 4) is 0 Å². The summed E-state index contributed by atoms with van der Waals surface area (Å²) in [5.74, 6) is 0.587. The monoisotopic (exact) mass is 423 g/mol. The lowest BCUT2D eigenvalue weighted by atomic mass is 10.1. The Morgan fingerprint density at radius 3 is 3.11 bits per heavy atom. The van der Waals surface area contributed by atoms with Gasteiger partial charge in [-0.15, -0.1) is 0 Å². The van der Waals surface area contributed by atoms with Crippen LogP contribution in [0.1, 0.15) is 23.2 Å². The summed E-state index contributed by atoms with van der Waals surface area (Å²) in [6, 6.07) is 5.76. The predicted molar refractivity (Wildman–Crippen MR) is 82.7 cm³/mol. The molecule has 1 heterocycles. The Morgan fingerprint density at radius 1 is 1.56 bits per heavy atom. The first-order valence-electron chi connectivity index (χ1n) is 5.98. The first-order chi connectivity index (χ1) is 8.66. The Bertz CT molecular complexity index is 433. The molecule has 1 aliphatic rings. The molecule has 0 radical (unpaired) electrons. The average molecular weight is 424 g/mol. The lowest BCUT2D eigenvalue weighted by Crippen LogP contribution is -2.26. The molecule has 1 amide bonds. The standard InChI is InChI=1S/C13H15BrINO2/c14-12-2-1-10(15)7-11(12)13(17)16-5-3-9-4-6-18-8-9/h1-2,7,9H,3-6,8H2,(H,16,17). The summed E-state index contributed by atoms with van der Waals surface area (Å²) in [5.41, 5.74) is 0.699. The fourth-order valence-electron chi connectivity index (χ4n) is 1.97. The minimum Gasteiger partial charge on any atom is -0.381 e. The molecule has 1 saturated heterocycles. The highest BCUT2D eigenvalue weighted by Gasteiger charge is 2.16. The average Bonchev–Trinajstić information content (AvgIpc) is 2.85. The lowest BCUT2D eigenvalue weighted by Gasteiger charge is -2.10. The Hall–Kier alpha value is -0.140. The number of carbonyl (C=O) groups excluding carboxylic acids is 1. The third-order valence-electron chi connectivity index (χ3n) is 3.04. The van der Waals surface area contributed by atoms with Crippen molar-refractivity contribution in [2.45, 2.75) is 12.8 Å². The summed E-state index contributed by atoms with van der Waals surface area (Å²) >= 11 is 5.61. The van der Waals surface area contributed by atoms with Crippen molar-refractivity contribution >= 4 is 44.4 Å². The molecular weight excluding hydrogens is 409 g/mol. The van der Waals surface area contributed by atoms with Crippen LogP contribution in [0.25, 0.3) is 0 Å². The molecule has 1 aromatic rings. The van der Waals surface area contributed by atoms with Gasteiger partial charge in [-0.1, -0.05) is 0 Å². The SMILES string of the molecule is O=C(NCCC1CCOC1)c1cc(I)ccc1Br. The molecule has 3 nitrogen and oxygen atoms in total. The highest BCUT2D eigenvalue weighted by molar-refractivity contribution is 14.1. The number of halogens is 2. The summed E-state index contributed by atoms with van der Waals surface area (Å²) in [5, 5.41) is 2.97. The maximum Gasteiger partial charge on any atom is 0.252 e. The molecule has 0 spiro atoms. The second-order valence-electron chi connectivity index (χ2n) is 4.40. The van der Waals surface area contributed by atoms with Gasteiger partial charge in [0.1, 0.15) is 0 Å². The number of nitrogens with one attached hydrogen (secondary N) is 1. The number of ether oxygens (including phenoxy) is 1. The van der Waals surface area contributed by atoms with Gasteiger partial charge in [0, 0.05) is 27.8 Å². The van der Waals surface area contributed by atoms with Crippen LogP contribution in [0, 0.1) is 9.49 Å². The van der Waals surface area contributed by atoms with Crippen LogP contribution >= 0.6 is 38.5 Å². The molecule has 5 heteroatoms. The van der Waals surface area contributed by atoms with E-state index in [0.29, 0.717) is 18.0 Å². The Balaban J connectivity index is 1.85. The first kappa shape index (κ1) is 14.3. The normalized spacial score (nSPS) is 18.9. The molecule has 1 aliphatic heterocycles. The summed E-state index contributed by atoms with van der Waals surface area (Å²) in [4.78, 5) is 12.0. The van der Waals surface area contributed by atoms with Crippen LogP contribution in [-0.4, -0.2) is 25.7 Å². The second-order valence-corrected chi connectivity index (χ2v) is 6.50. The van der Waals surface area contributed by atoms with Crippen molar-refractivity contribution in [3.63, 3.8) is 0 Å². The van der Waals surface area contributed by atoms with Crippen molar-refractivity contribution in [2.75, 3.05) is 19.8 Å². The molecule has 1 aromatic carbocycles. The Morgan fingerprint density at radius 2 is 2.39 bits per heavy atom. The highest BCUT2D eigenvalue weighted by atomic mass is 127. The maximum atomic E-state index is 12.0. The number of rotatable bonds is 4. The molecule has 1 atom stereocenters. The van der Waals surface area contributed by atoms with Crippen molar-refractivity contribution < 1.29 is 9.53 Å². The summed E-state index contributed by atoms with van der Waals surface area (Å²) in [7, 11) is 0. The molecule has 1 fully saturated rings. The van der Waals surface area contributed by atoms with Gasteiger partial charge in [-0.3, -0.25) is 4.79 Å². The van der Waals surface area contributed by atoms with E-state index < -0.39 is 0 Å².